The average molecular weight is 406 g/mol. The minimum absolute atomic E-state index is 0.0556. The van der Waals surface area contributed by atoms with Crippen molar-refractivity contribution in [2.45, 2.75) is 76.4 Å². The first-order valence-electron chi connectivity index (χ1n) is 10.1. The van der Waals surface area contributed by atoms with Gasteiger partial charge < -0.3 is 31.5 Å². The molecule has 6 unspecified atom stereocenters. The lowest BCUT2D eigenvalue weighted by molar-refractivity contribution is -0.133. The zero-order chi connectivity index (χ0) is 21.3. The number of hydrogen-bond donors (Lipinski definition) is 6. The van der Waals surface area contributed by atoms with E-state index in [0.717, 1.165) is 0 Å². The van der Waals surface area contributed by atoms with E-state index >= 15 is 0 Å². The largest absolute Gasteiger partial charge is 0.389 e. The van der Waals surface area contributed by atoms with E-state index in [9.17, 15) is 24.6 Å². The first kappa shape index (κ1) is 21.3. The van der Waals surface area contributed by atoms with Gasteiger partial charge >= 0.3 is 0 Å². The molecule has 9 nitrogen and oxygen atoms in total. The number of hydrogen-bond acceptors (Lipinski definition) is 6. The van der Waals surface area contributed by atoms with Crippen LogP contribution in [0.2, 0.25) is 0 Å². The number of carbonyl (C=O) groups is 3. The van der Waals surface area contributed by atoms with Crippen molar-refractivity contribution in [1.29, 1.82) is 0 Å². The van der Waals surface area contributed by atoms with Crippen molar-refractivity contribution in [3.05, 3.63) is 23.4 Å². The van der Waals surface area contributed by atoms with E-state index in [4.69, 9.17) is 0 Å². The van der Waals surface area contributed by atoms with E-state index in [1.807, 2.05) is 13.8 Å². The van der Waals surface area contributed by atoms with Gasteiger partial charge in [-0.25, -0.2) is 0 Å². The van der Waals surface area contributed by atoms with Crippen molar-refractivity contribution in [3.63, 3.8) is 0 Å². The molecule has 0 aliphatic carbocycles. The molecule has 0 saturated carbocycles. The van der Waals surface area contributed by atoms with Crippen LogP contribution in [-0.4, -0.2) is 57.9 Å². The highest BCUT2D eigenvalue weighted by molar-refractivity contribution is 6.02. The van der Waals surface area contributed by atoms with Crippen LogP contribution in [0.4, 0.5) is 0 Å². The Morgan fingerprint density at radius 3 is 2.48 bits per heavy atom. The fraction of sp³-hybridized carbons (Fsp3) is 0.650. The summed E-state index contributed by atoms with van der Waals surface area (Å²) in [6.45, 7) is 5.30. The number of carbonyl (C=O) groups excluding carboxylic acids is 3. The zero-order valence-corrected chi connectivity index (χ0v) is 17.0. The minimum Gasteiger partial charge on any atom is -0.389 e. The highest BCUT2D eigenvalue weighted by Crippen LogP contribution is 2.36. The van der Waals surface area contributed by atoms with Crippen LogP contribution in [0.15, 0.2) is 23.4 Å². The molecule has 0 radical (unpaired) electrons. The molecule has 3 rings (SSSR count). The van der Waals surface area contributed by atoms with Gasteiger partial charge in [-0.15, -0.1) is 0 Å². The van der Waals surface area contributed by atoms with E-state index in [2.05, 4.69) is 21.3 Å². The predicted octanol–water partition coefficient (Wildman–Crippen LogP) is -0.833. The van der Waals surface area contributed by atoms with Gasteiger partial charge in [0.25, 0.3) is 0 Å². The molecule has 0 aromatic heterocycles. The third-order valence-corrected chi connectivity index (χ3v) is 5.83. The summed E-state index contributed by atoms with van der Waals surface area (Å²) in [5.74, 6) is -1.98. The average Bonchev–Trinajstić information content (AvgIpc) is 2.62. The van der Waals surface area contributed by atoms with Crippen molar-refractivity contribution in [2.75, 3.05) is 0 Å². The van der Waals surface area contributed by atoms with Gasteiger partial charge in [0.2, 0.25) is 17.7 Å². The molecule has 0 fully saturated rings. The molecule has 29 heavy (non-hydrogen) atoms. The molecule has 3 aliphatic heterocycles. The van der Waals surface area contributed by atoms with Gasteiger partial charge in [-0.1, -0.05) is 6.08 Å². The molecule has 3 amide bonds. The first-order valence-corrected chi connectivity index (χ1v) is 10.1. The van der Waals surface area contributed by atoms with Gasteiger partial charge in [-0.3, -0.25) is 14.4 Å². The third kappa shape index (κ3) is 4.62. The molecule has 6 atom stereocenters. The Hall–Kier alpha value is -2.39. The zero-order valence-electron chi connectivity index (χ0n) is 17.0. The van der Waals surface area contributed by atoms with Crippen LogP contribution in [0.1, 0.15) is 46.5 Å². The summed E-state index contributed by atoms with van der Waals surface area (Å²) in [4.78, 5) is 37.9. The summed E-state index contributed by atoms with van der Waals surface area (Å²) >= 11 is 0. The Kier molecular flexibility index (Phi) is 6.00. The molecule has 6 N–H and O–H groups in total. The molecule has 0 aromatic carbocycles. The highest BCUT2D eigenvalue weighted by atomic mass is 16.3. The number of amides is 3. The smallest absolute Gasteiger partial charge is 0.249 e. The fourth-order valence-corrected chi connectivity index (χ4v) is 4.14. The van der Waals surface area contributed by atoms with Crippen molar-refractivity contribution < 1.29 is 24.6 Å². The summed E-state index contributed by atoms with van der Waals surface area (Å²) in [5, 5.41) is 32.8. The van der Waals surface area contributed by atoms with Gasteiger partial charge in [0.1, 0.15) is 0 Å². The topological polar surface area (TPSA) is 140 Å². The lowest BCUT2D eigenvalue weighted by Gasteiger charge is -2.45. The van der Waals surface area contributed by atoms with Crippen molar-refractivity contribution in [3.8, 4) is 0 Å². The fourth-order valence-electron chi connectivity index (χ4n) is 4.14. The van der Waals surface area contributed by atoms with Crippen LogP contribution in [-0.2, 0) is 14.4 Å². The maximum atomic E-state index is 13.1. The summed E-state index contributed by atoms with van der Waals surface area (Å²) in [5.41, 5.74) is -0.738. The van der Waals surface area contributed by atoms with Crippen molar-refractivity contribution >= 4 is 17.7 Å². The lowest BCUT2D eigenvalue weighted by Crippen LogP contribution is -2.65. The summed E-state index contributed by atoms with van der Waals surface area (Å²) in [6, 6.07) is -1.13. The van der Waals surface area contributed by atoms with Crippen LogP contribution in [0, 0.1) is 5.92 Å². The minimum atomic E-state index is -1.60. The molecule has 0 spiro atoms. The number of aliphatic hydroxyl groups excluding tert-OH is 1. The molecule has 3 heterocycles. The van der Waals surface area contributed by atoms with Gasteiger partial charge in [-0.2, -0.15) is 0 Å². The number of fused-ring (bicyclic) bond motifs is 3. The lowest BCUT2D eigenvalue weighted by atomic mass is 9.78. The first-order chi connectivity index (χ1) is 13.6. The molecule has 160 valence electrons. The molecular formula is C20H30N4O5. The third-order valence-electron chi connectivity index (χ3n) is 5.83. The second-order valence-corrected chi connectivity index (χ2v) is 8.42. The quantitative estimate of drug-likeness (QED) is 0.310. The molecule has 2 bridgehead atoms. The van der Waals surface area contributed by atoms with Crippen molar-refractivity contribution in [1.82, 2.24) is 21.3 Å². The van der Waals surface area contributed by atoms with Crippen LogP contribution in [0.3, 0.4) is 0 Å². The van der Waals surface area contributed by atoms with E-state index in [1.54, 1.807) is 6.92 Å². The maximum absolute atomic E-state index is 13.1. The van der Waals surface area contributed by atoms with Crippen LogP contribution < -0.4 is 21.3 Å². The van der Waals surface area contributed by atoms with E-state index < -0.39 is 29.7 Å². The Labute approximate surface area is 170 Å². The molecular weight excluding hydrogens is 376 g/mol. The normalized spacial score (nSPS) is 38.8. The molecule has 9 heteroatoms. The standard InChI is InChI=1S/C20H30N4O5/c1-10-4-5-13(25)6-7-16(26)23-12(3)20(29)9-14(18(27)21-10)17-15(24-20)8-11(2)22-19(17)28/h6-7,10-14,24-25,29H,4-5,8-9H2,1-3H3,(H,21,27)(H,22,28)(H,23,26). The Morgan fingerprint density at radius 2 is 1.76 bits per heavy atom. The summed E-state index contributed by atoms with van der Waals surface area (Å²) in [7, 11) is 0. The van der Waals surface area contributed by atoms with Gasteiger partial charge in [0.05, 0.1) is 18.1 Å². The SMILES string of the molecule is CC1CC2=C(C(=O)N1)C1CC(O)(N2)C(C)NC(=O)C=CC(O)CCC(C)NC1=O. The Morgan fingerprint density at radius 1 is 1.03 bits per heavy atom. The van der Waals surface area contributed by atoms with Crippen LogP contribution >= 0.6 is 0 Å². The second-order valence-electron chi connectivity index (χ2n) is 8.42. The summed E-state index contributed by atoms with van der Waals surface area (Å²) < 4.78 is 0. The second kappa shape index (κ2) is 8.16. The van der Waals surface area contributed by atoms with E-state index in [-0.39, 0.29) is 30.3 Å². The van der Waals surface area contributed by atoms with Crippen molar-refractivity contribution in [2.24, 2.45) is 5.92 Å². The van der Waals surface area contributed by atoms with E-state index in [1.165, 1.54) is 12.2 Å². The predicted molar refractivity (Wildman–Crippen MR) is 105 cm³/mol. The van der Waals surface area contributed by atoms with E-state index in [0.29, 0.717) is 30.5 Å². The summed E-state index contributed by atoms with van der Waals surface area (Å²) in [6.07, 6.45) is 3.11. The van der Waals surface area contributed by atoms with Crippen LogP contribution in [0.5, 0.6) is 0 Å². The monoisotopic (exact) mass is 406 g/mol. The molecule has 0 aromatic rings. The Bertz CT molecular complexity index is 764. The maximum Gasteiger partial charge on any atom is 0.249 e. The number of rotatable bonds is 0. The van der Waals surface area contributed by atoms with Gasteiger partial charge in [-0.05, 0) is 33.6 Å². The van der Waals surface area contributed by atoms with Gasteiger partial charge in [0, 0.05) is 42.3 Å². The number of nitrogens with one attached hydrogen (secondary N) is 4. The molecule has 3 aliphatic rings. The number of aliphatic hydroxyl groups is 2. The van der Waals surface area contributed by atoms with Crippen LogP contribution in [0.25, 0.3) is 0 Å². The molecule has 0 saturated heterocycles. The van der Waals surface area contributed by atoms with Gasteiger partial charge in [0.15, 0.2) is 5.72 Å². The highest BCUT2D eigenvalue weighted by Gasteiger charge is 2.48. The Balaban J connectivity index is 1.99.